The van der Waals surface area contributed by atoms with Crippen molar-refractivity contribution in [1.82, 2.24) is 0 Å². The van der Waals surface area contributed by atoms with Crippen LogP contribution in [0, 0.1) is 0 Å². The molecule has 0 heterocycles. The predicted molar refractivity (Wildman–Crippen MR) is 141 cm³/mol. The number of nitrogens with one attached hydrogen (secondary N) is 1. The number of carbonyl (C=O) groups excluding carboxylic acids is 1. The monoisotopic (exact) mass is 467 g/mol. The van der Waals surface area contributed by atoms with E-state index >= 15 is 0 Å². The van der Waals surface area contributed by atoms with E-state index < -0.39 is 6.10 Å². The molecule has 2 N–H and O–H groups in total. The highest BCUT2D eigenvalue weighted by Crippen LogP contribution is 2.37. The van der Waals surface area contributed by atoms with E-state index in [9.17, 15) is 9.90 Å². The molecule has 1 atom stereocenters. The minimum absolute atomic E-state index is 0.206. The summed E-state index contributed by atoms with van der Waals surface area (Å²) in [4.78, 5) is 11.9. The van der Waals surface area contributed by atoms with E-state index in [-0.39, 0.29) is 19.2 Å². The molecule has 0 spiro atoms. The second-order valence-electron chi connectivity index (χ2n) is 8.83. The molecule has 5 aromatic rings. The van der Waals surface area contributed by atoms with Crippen LogP contribution in [0.1, 0.15) is 18.4 Å². The molecule has 0 aliphatic carbocycles. The zero-order valence-corrected chi connectivity index (χ0v) is 19.6. The van der Waals surface area contributed by atoms with Crippen LogP contribution in [-0.4, -0.2) is 36.9 Å². The molecule has 0 radical (unpaired) electrons. The summed E-state index contributed by atoms with van der Waals surface area (Å²) in [7, 11) is 0. The molecule has 5 heteroatoms. The highest BCUT2D eigenvalue weighted by Gasteiger charge is 2.12. The fourth-order valence-electron chi connectivity index (χ4n) is 4.52. The smallest absolute Gasteiger partial charge is 0.306 e. The molecule has 178 valence electrons. The maximum Gasteiger partial charge on any atom is 0.306 e. The molecule has 0 saturated heterocycles. The number of hydrogen-bond acceptors (Lipinski definition) is 5. The lowest BCUT2D eigenvalue weighted by Crippen LogP contribution is -2.25. The molecule has 5 nitrogen and oxygen atoms in total. The number of anilines is 1. The SMILES string of the molecule is O=C(CCCOCC(O)CNc1ccc2ccc3cccc4ccc1c2c34)OCc1ccccc1. The first-order chi connectivity index (χ1) is 17.2. The van der Waals surface area contributed by atoms with Crippen molar-refractivity contribution in [3.05, 3.63) is 90.5 Å². The average molecular weight is 468 g/mol. The summed E-state index contributed by atoms with van der Waals surface area (Å²) in [6.07, 6.45) is 0.200. The van der Waals surface area contributed by atoms with E-state index in [1.165, 1.54) is 26.9 Å². The molecular weight excluding hydrogens is 438 g/mol. The standard InChI is InChI=1S/C30H29NO4/c32-25(20-34-17-5-10-28(33)35-19-21-6-2-1-3-7-21)18-31-27-16-14-24-12-11-22-8-4-9-23-13-15-26(27)30(24)29(22)23/h1-4,6-9,11-16,25,31-32H,5,10,17-20H2. The number of hydrogen-bond donors (Lipinski definition) is 2. The van der Waals surface area contributed by atoms with Gasteiger partial charge in [0.15, 0.2) is 0 Å². The maximum absolute atomic E-state index is 11.9. The van der Waals surface area contributed by atoms with E-state index in [1.807, 2.05) is 30.3 Å². The van der Waals surface area contributed by atoms with E-state index in [4.69, 9.17) is 9.47 Å². The first-order valence-corrected chi connectivity index (χ1v) is 12.0. The molecule has 35 heavy (non-hydrogen) atoms. The van der Waals surface area contributed by atoms with Gasteiger partial charge >= 0.3 is 5.97 Å². The summed E-state index contributed by atoms with van der Waals surface area (Å²) >= 11 is 0. The van der Waals surface area contributed by atoms with Gasteiger partial charge in [-0.15, -0.1) is 0 Å². The zero-order chi connectivity index (χ0) is 24.0. The molecular formula is C30H29NO4. The Morgan fingerprint density at radius 1 is 0.829 bits per heavy atom. The van der Waals surface area contributed by atoms with Gasteiger partial charge in [0.1, 0.15) is 6.61 Å². The quantitative estimate of drug-likeness (QED) is 0.144. The summed E-state index contributed by atoms with van der Waals surface area (Å²) in [6, 6.07) is 28.8. The van der Waals surface area contributed by atoms with Crippen molar-refractivity contribution in [3.63, 3.8) is 0 Å². The van der Waals surface area contributed by atoms with Gasteiger partial charge in [-0.1, -0.05) is 78.9 Å². The van der Waals surface area contributed by atoms with Gasteiger partial charge in [-0.2, -0.15) is 0 Å². The summed E-state index contributed by atoms with van der Waals surface area (Å²) in [5, 5.41) is 21.1. The van der Waals surface area contributed by atoms with Crippen molar-refractivity contribution < 1.29 is 19.4 Å². The minimum atomic E-state index is -0.654. The first kappa shape index (κ1) is 23.1. The Bertz CT molecular complexity index is 1400. The van der Waals surface area contributed by atoms with Gasteiger partial charge in [0, 0.05) is 30.6 Å². The molecule has 5 aromatic carbocycles. The molecule has 0 aromatic heterocycles. The number of aliphatic hydroxyl groups excluding tert-OH is 1. The fourth-order valence-corrected chi connectivity index (χ4v) is 4.52. The topological polar surface area (TPSA) is 67.8 Å². The third-order valence-electron chi connectivity index (χ3n) is 6.28. The van der Waals surface area contributed by atoms with Crippen LogP contribution in [0.2, 0.25) is 0 Å². The number of aliphatic hydroxyl groups is 1. The zero-order valence-electron chi connectivity index (χ0n) is 19.6. The van der Waals surface area contributed by atoms with Gasteiger partial charge < -0.3 is 19.9 Å². The lowest BCUT2D eigenvalue weighted by molar-refractivity contribution is -0.145. The van der Waals surface area contributed by atoms with Crippen molar-refractivity contribution >= 4 is 44.0 Å². The normalized spacial score (nSPS) is 12.4. The van der Waals surface area contributed by atoms with Gasteiger partial charge in [0.05, 0.1) is 12.7 Å². The fraction of sp³-hybridized carbons (Fsp3) is 0.233. The number of ether oxygens (including phenoxy) is 2. The van der Waals surface area contributed by atoms with Gasteiger partial charge in [-0.05, 0) is 45.0 Å². The summed E-state index contributed by atoms with van der Waals surface area (Å²) in [5.41, 5.74) is 1.97. The highest BCUT2D eigenvalue weighted by molar-refractivity contribution is 6.25. The number of rotatable bonds is 11. The van der Waals surface area contributed by atoms with E-state index in [2.05, 4.69) is 59.9 Å². The summed E-state index contributed by atoms with van der Waals surface area (Å²) < 4.78 is 10.8. The first-order valence-electron chi connectivity index (χ1n) is 12.0. The van der Waals surface area contributed by atoms with E-state index in [0.717, 1.165) is 16.6 Å². The highest BCUT2D eigenvalue weighted by atomic mass is 16.5. The van der Waals surface area contributed by atoms with Crippen LogP contribution in [0.4, 0.5) is 5.69 Å². The van der Waals surface area contributed by atoms with Crippen molar-refractivity contribution in [1.29, 1.82) is 0 Å². The summed E-state index contributed by atoms with van der Waals surface area (Å²) in [6.45, 7) is 1.27. The number of benzene rings is 5. The van der Waals surface area contributed by atoms with Crippen LogP contribution in [0.5, 0.6) is 0 Å². The molecule has 5 rings (SSSR count). The molecule has 0 aliphatic rings. The summed E-state index contributed by atoms with van der Waals surface area (Å²) in [5.74, 6) is -0.242. The molecule has 0 amide bonds. The molecule has 0 aliphatic heterocycles. The minimum Gasteiger partial charge on any atom is -0.461 e. The van der Waals surface area contributed by atoms with Crippen LogP contribution in [0.3, 0.4) is 0 Å². The van der Waals surface area contributed by atoms with Crippen LogP contribution >= 0.6 is 0 Å². The average Bonchev–Trinajstić information content (AvgIpc) is 2.90. The molecule has 0 saturated carbocycles. The number of carbonyl (C=O) groups is 1. The molecule has 1 unspecified atom stereocenters. The van der Waals surface area contributed by atoms with Crippen molar-refractivity contribution in [2.45, 2.75) is 25.6 Å². The Morgan fingerprint density at radius 2 is 1.54 bits per heavy atom. The Kier molecular flexibility index (Phi) is 7.07. The van der Waals surface area contributed by atoms with Gasteiger partial charge in [-0.25, -0.2) is 0 Å². The maximum atomic E-state index is 11.9. The second-order valence-corrected chi connectivity index (χ2v) is 8.83. The van der Waals surface area contributed by atoms with Crippen molar-refractivity contribution in [2.24, 2.45) is 0 Å². The third kappa shape index (κ3) is 5.37. The van der Waals surface area contributed by atoms with Gasteiger partial charge in [-0.3, -0.25) is 4.79 Å². The molecule has 0 fully saturated rings. The van der Waals surface area contributed by atoms with Gasteiger partial charge in [0.25, 0.3) is 0 Å². The van der Waals surface area contributed by atoms with Crippen molar-refractivity contribution in [3.8, 4) is 0 Å². The molecule has 0 bridgehead atoms. The van der Waals surface area contributed by atoms with Crippen LogP contribution in [0.25, 0.3) is 32.3 Å². The van der Waals surface area contributed by atoms with Crippen molar-refractivity contribution in [2.75, 3.05) is 25.1 Å². The Balaban J connectivity index is 1.08. The largest absolute Gasteiger partial charge is 0.461 e. The predicted octanol–water partition coefficient (Wildman–Crippen LogP) is 5.90. The Morgan fingerprint density at radius 3 is 2.34 bits per heavy atom. The van der Waals surface area contributed by atoms with Crippen LogP contribution < -0.4 is 5.32 Å². The Hall–Kier alpha value is -3.67. The lowest BCUT2D eigenvalue weighted by Gasteiger charge is -2.17. The van der Waals surface area contributed by atoms with E-state index in [1.54, 1.807) is 0 Å². The lowest BCUT2D eigenvalue weighted by atomic mass is 9.93. The van der Waals surface area contributed by atoms with Crippen LogP contribution in [-0.2, 0) is 20.9 Å². The van der Waals surface area contributed by atoms with E-state index in [0.29, 0.717) is 26.0 Å². The van der Waals surface area contributed by atoms with Gasteiger partial charge in [0.2, 0.25) is 0 Å². The second kappa shape index (κ2) is 10.7. The Labute approximate surface area is 204 Å². The van der Waals surface area contributed by atoms with Crippen LogP contribution in [0.15, 0.2) is 84.9 Å². The third-order valence-corrected chi connectivity index (χ3v) is 6.28. The number of esters is 1.